The second-order valence-corrected chi connectivity index (χ2v) is 5.85. The molecule has 1 N–H and O–H groups in total. The quantitative estimate of drug-likeness (QED) is 0.810. The third-order valence-electron chi connectivity index (χ3n) is 3.68. The molecule has 0 aliphatic heterocycles. The molecule has 1 aromatic carbocycles. The summed E-state index contributed by atoms with van der Waals surface area (Å²) in [5.41, 5.74) is 2.51. The van der Waals surface area contributed by atoms with Crippen LogP contribution < -0.4 is 5.32 Å². The Labute approximate surface area is 122 Å². The summed E-state index contributed by atoms with van der Waals surface area (Å²) in [6, 6.07) is 11.7. The lowest BCUT2D eigenvalue weighted by atomic mass is 9.98. The molecule has 1 aromatic heterocycles. The van der Waals surface area contributed by atoms with Gasteiger partial charge in [0.05, 0.1) is 5.52 Å². The molecule has 2 rings (SSSR count). The summed E-state index contributed by atoms with van der Waals surface area (Å²) in [7, 11) is 0. The van der Waals surface area contributed by atoms with Crippen molar-refractivity contribution in [2.75, 3.05) is 0 Å². The van der Waals surface area contributed by atoms with Crippen LogP contribution in [0.1, 0.15) is 45.6 Å². The summed E-state index contributed by atoms with van der Waals surface area (Å²) in [6.07, 6.45) is 6.80. The monoisotopic (exact) mass is 270 g/mol. The summed E-state index contributed by atoms with van der Waals surface area (Å²) in [5, 5.41) is 5.00. The van der Waals surface area contributed by atoms with Gasteiger partial charge in [0.25, 0.3) is 0 Å². The van der Waals surface area contributed by atoms with Crippen LogP contribution in [0.5, 0.6) is 0 Å². The zero-order valence-corrected chi connectivity index (χ0v) is 12.9. The zero-order valence-electron chi connectivity index (χ0n) is 12.9. The number of pyridine rings is 1. The third kappa shape index (κ3) is 4.04. The van der Waals surface area contributed by atoms with E-state index in [1.165, 1.54) is 30.2 Å². The van der Waals surface area contributed by atoms with Crippen molar-refractivity contribution in [3.8, 4) is 0 Å². The molecule has 0 bridgehead atoms. The smallest absolute Gasteiger partial charge is 0.0704 e. The summed E-state index contributed by atoms with van der Waals surface area (Å²) in [5.74, 6) is 0. The number of nitrogens with zero attached hydrogens (tertiary/aromatic N) is 1. The Bertz CT molecular complexity index is 528. The number of aromatic nitrogens is 1. The topological polar surface area (TPSA) is 24.9 Å². The summed E-state index contributed by atoms with van der Waals surface area (Å²) in [6.45, 7) is 6.71. The summed E-state index contributed by atoms with van der Waals surface area (Å²) in [4.78, 5) is 4.45. The van der Waals surface area contributed by atoms with Gasteiger partial charge in [0, 0.05) is 23.7 Å². The van der Waals surface area contributed by atoms with Crippen LogP contribution in [0.3, 0.4) is 0 Å². The van der Waals surface area contributed by atoms with E-state index in [1.54, 1.807) is 0 Å². The fraction of sp³-hybridized carbons (Fsp3) is 0.500. The number of hydrogen-bond donors (Lipinski definition) is 1. The molecule has 0 amide bonds. The van der Waals surface area contributed by atoms with Crippen LogP contribution in [-0.4, -0.2) is 17.1 Å². The van der Waals surface area contributed by atoms with E-state index in [9.17, 15) is 0 Å². The molecule has 2 heteroatoms. The van der Waals surface area contributed by atoms with Gasteiger partial charge in [-0.05, 0) is 30.5 Å². The van der Waals surface area contributed by atoms with Crippen LogP contribution in [0.4, 0.5) is 0 Å². The standard InChI is InChI=1S/C18H26N2/c1-4-5-8-16(20-14(2)3)13-15-11-12-19-18-10-7-6-9-17(15)18/h6-7,9-12,14,16,20H,4-5,8,13H2,1-3H3. The first-order valence-electron chi connectivity index (χ1n) is 7.79. The first-order chi connectivity index (χ1) is 9.70. The van der Waals surface area contributed by atoms with Gasteiger partial charge >= 0.3 is 0 Å². The highest BCUT2D eigenvalue weighted by Gasteiger charge is 2.12. The van der Waals surface area contributed by atoms with Gasteiger partial charge in [0.2, 0.25) is 0 Å². The number of hydrogen-bond acceptors (Lipinski definition) is 2. The molecule has 2 nitrogen and oxygen atoms in total. The SMILES string of the molecule is CCCCC(Cc1ccnc2ccccc12)NC(C)C. The van der Waals surface area contributed by atoms with Crippen LogP contribution in [0.15, 0.2) is 36.5 Å². The average molecular weight is 270 g/mol. The number of unbranched alkanes of at least 4 members (excludes halogenated alkanes) is 1. The molecule has 2 aromatic rings. The van der Waals surface area contributed by atoms with Crippen molar-refractivity contribution in [1.29, 1.82) is 0 Å². The lowest BCUT2D eigenvalue weighted by molar-refractivity contribution is 0.425. The molecule has 0 spiro atoms. The molecule has 0 radical (unpaired) electrons. The Morgan fingerprint density at radius 1 is 1.15 bits per heavy atom. The summed E-state index contributed by atoms with van der Waals surface area (Å²) < 4.78 is 0. The van der Waals surface area contributed by atoms with Crippen molar-refractivity contribution in [2.45, 2.75) is 58.5 Å². The Morgan fingerprint density at radius 3 is 2.70 bits per heavy atom. The highest BCUT2D eigenvalue weighted by Crippen LogP contribution is 2.19. The van der Waals surface area contributed by atoms with Crippen LogP contribution in [0.2, 0.25) is 0 Å². The number of para-hydroxylation sites is 1. The number of benzene rings is 1. The van der Waals surface area contributed by atoms with Crippen molar-refractivity contribution in [3.63, 3.8) is 0 Å². The minimum absolute atomic E-state index is 0.532. The normalized spacial score (nSPS) is 13.0. The van der Waals surface area contributed by atoms with Crippen LogP contribution in [0.25, 0.3) is 10.9 Å². The predicted molar refractivity (Wildman–Crippen MR) is 87.0 cm³/mol. The summed E-state index contributed by atoms with van der Waals surface area (Å²) >= 11 is 0. The maximum absolute atomic E-state index is 4.45. The predicted octanol–water partition coefficient (Wildman–Crippen LogP) is 4.33. The van der Waals surface area contributed by atoms with E-state index < -0.39 is 0 Å². The second kappa shape index (κ2) is 7.39. The minimum atomic E-state index is 0.532. The van der Waals surface area contributed by atoms with E-state index in [0.29, 0.717) is 12.1 Å². The lowest BCUT2D eigenvalue weighted by Crippen LogP contribution is -2.36. The molecular weight excluding hydrogens is 244 g/mol. The molecule has 1 heterocycles. The van der Waals surface area contributed by atoms with Gasteiger partial charge in [0.1, 0.15) is 0 Å². The number of nitrogens with one attached hydrogen (secondary N) is 1. The van der Waals surface area contributed by atoms with Crippen molar-refractivity contribution >= 4 is 10.9 Å². The fourth-order valence-corrected chi connectivity index (χ4v) is 2.76. The highest BCUT2D eigenvalue weighted by molar-refractivity contribution is 5.81. The van der Waals surface area contributed by atoms with Crippen LogP contribution >= 0.6 is 0 Å². The van der Waals surface area contributed by atoms with Crippen molar-refractivity contribution in [3.05, 3.63) is 42.1 Å². The Kier molecular flexibility index (Phi) is 5.54. The molecule has 0 saturated carbocycles. The van der Waals surface area contributed by atoms with Gasteiger partial charge < -0.3 is 5.32 Å². The van der Waals surface area contributed by atoms with Crippen LogP contribution in [-0.2, 0) is 6.42 Å². The van der Waals surface area contributed by atoms with Gasteiger partial charge in [-0.15, -0.1) is 0 Å². The maximum atomic E-state index is 4.45. The molecule has 0 fully saturated rings. The number of fused-ring (bicyclic) bond motifs is 1. The van der Waals surface area contributed by atoms with E-state index in [-0.39, 0.29) is 0 Å². The molecule has 1 atom stereocenters. The molecule has 0 aliphatic carbocycles. The molecule has 0 saturated heterocycles. The van der Waals surface area contributed by atoms with Gasteiger partial charge in [-0.3, -0.25) is 4.98 Å². The first kappa shape index (κ1) is 15.0. The molecular formula is C18H26N2. The highest BCUT2D eigenvalue weighted by atomic mass is 14.9. The lowest BCUT2D eigenvalue weighted by Gasteiger charge is -2.22. The van der Waals surface area contributed by atoms with Crippen molar-refractivity contribution in [2.24, 2.45) is 0 Å². The van der Waals surface area contributed by atoms with Gasteiger partial charge in [-0.1, -0.05) is 51.8 Å². The van der Waals surface area contributed by atoms with Crippen molar-refractivity contribution in [1.82, 2.24) is 10.3 Å². The van der Waals surface area contributed by atoms with Gasteiger partial charge in [0.15, 0.2) is 0 Å². The van der Waals surface area contributed by atoms with Gasteiger partial charge in [-0.25, -0.2) is 0 Å². The van der Waals surface area contributed by atoms with E-state index in [0.717, 1.165) is 11.9 Å². The van der Waals surface area contributed by atoms with E-state index >= 15 is 0 Å². The third-order valence-corrected chi connectivity index (χ3v) is 3.68. The first-order valence-corrected chi connectivity index (χ1v) is 7.79. The van der Waals surface area contributed by atoms with E-state index in [2.05, 4.69) is 61.4 Å². The maximum Gasteiger partial charge on any atom is 0.0704 e. The minimum Gasteiger partial charge on any atom is -0.311 e. The van der Waals surface area contributed by atoms with E-state index in [1.807, 2.05) is 6.20 Å². The van der Waals surface area contributed by atoms with Crippen LogP contribution in [0, 0.1) is 0 Å². The fourth-order valence-electron chi connectivity index (χ4n) is 2.76. The largest absolute Gasteiger partial charge is 0.311 e. The van der Waals surface area contributed by atoms with Gasteiger partial charge in [-0.2, -0.15) is 0 Å². The van der Waals surface area contributed by atoms with Crippen molar-refractivity contribution < 1.29 is 0 Å². The molecule has 0 aliphatic rings. The Morgan fingerprint density at radius 2 is 1.95 bits per heavy atom. The zero-order chi connectivity index (χ0) is 14.4. The number of rotatable bonds is 7. The second-order valence-electron chi connectivity index (χ2n) is 5.85. The molecule has 108 valence electrons. The Balaban J connectivity index is 2.18. The Hall–Kier alpha value is -1.41. The molecule has 1 unspecified atom stereocenters. The molecule has 20 heavy (non-hydrogen) atoms. The average Bonchev–Trinajstić information content (AvgIpc) is 2.44. The van der Waals surface area contributed by atoms with E-state index in [4.69, 9.17) is 0 Å².